The molecule has 0 aromatic rings. The first-order valence-electron chi connectivity index (χ1n) is 1.96. The van der Waals surface area contributed by atoms with Crippen LogP contribution in [0.3, 0.4) is 0 Å². The number of methoxy groups -OCH3 is 1. The summed E-state index contributed by atoms with van der Waals surface area (Å²) in [4.78, 5) is 0. The summed E-state index contributed by atoms with van der Waals surface area (Å²) in [6.45, 7) is 0.358. The summed E-state index contributed by atoms with van der Waals surface area (Å²) in [6.07, 6.45) is 1.44. The molecule has 0 rings (SSSR count). The van der Waals surface area contributed by atoms with E-state index in [4.69, 9.17) is 34.8 Å². The van der Waals surface area contributed by atoms with Crippen LogP contribution in [0, 0.1) is 6.42 Å². The predicted octanol–water partition coefficient (Wildman–Crippen LogP) is 2.21. The van der Waals surface area contributed by atoms with Crippen LogP contribution >= 0.6 is 34.8 Å². The summed E-state index contributed by atoms with van der Waals surface area (Å²) < 4.78 is 3.33. The van der Waals surface area contributed by atoms with Crippen LogP contribution in [0.5, 0.6) is 0 Å². The van der Waals surface area contributed by atoms with Crippen LogP contribution in [0.25, 0.3) is 0 Å². The normalized spacial score (nSPS) is 12.0. The lowest BCUT2D eigenvalue weighted by molar-refractivity contribution is 0.222. The molecule has 0 aliphatic rings. The Labute approximate surface area is 63.9 Å². The molecule has 0 spiro atoms. The average molecular weight is 176 g/mol. The van der Waals surface area contributed by atoms with Gasteiger partial charge in [-0.25, -0.2) is 0 Å². The molecule has 1 nitrogen and oxygen atoms in total. The Morgan fingerprint density at radius 1 is 1.50 bits per heavy atom. The lowest BCUT2D eigenvalue weighted by Gasteiger charge is -2.07. The standard InChI is InChI=1S/C4H6Cl3O/c1-8-3-2-4(5,6)7/h2H,3H2,1H3. The highest BCUT2D eigenvalue weighted by Gasteiger charge is 2.18. The molecular formula is C4H6Cl3O. The molecular weight excluding hydrogens is 170 g/mol. The van der Waals surface area contributed by atoms with Gasteiger partial charge in [-0.05, 0) is 0 Å². The van der Waals surface area contributed by atoms with Gasteiger partial charge >= 0.3 is 0 Å². The molecule has 0 saturated carbocycles. The van der Waals surface area contributed by atoms with Crippen LogP contribution in [0.4, 0.5) is 0 Å². The molecule has 8 heavy (non-hydrogen) atoms. The maximum Gasteiger partial charge on any atom is 0.196 e. The van der Waals surface area contributed by atoms with Gasteiger partial charge in [0.15, 0.2) is 3.79 Å². The van der Waals surface area contributed by atoms with Crippen molar-refractivity contribution in [3.63, 3.8) is 0 Å². The Morgan fingerprint density at radius 3 is 2.12 bits per heavy atom. The Morgan fingerprint density at radius 2 is 2.00 bits per heavy atom. The van der Waals surface area contributed by atoms with Gasteiger partial charge in [0.05, 0.1) is 6.61 Å². The minimum Gasteiger partial charge on any atom is -0.384 e. The van der Waals surface area contributed by atoms with Gasteiger partial charge in [0.25, 0.3) is 0 Å². The predicted molar refractivity (Wildman–Crippen MR) is 36.5 cm³/mol. The second-order valence-electron chi connectivity index (χ2n) is 1.20. The van der Waals surface area contributed by atoms with Gasteiger partial charge in [-0.15, -0.1) is 0 Å². The first-order chi connectivity index (χ1) is 3.56. The fourth-order valence-corrected chi connectivity index (χ4v) is 0.367. The first kappa shape index (κ1) is 8.83. The van der Waals surface area contributed by atoms with Crippen molar-refractivity contribution in [1.29, 1.82) is 0 Å². The molecule has 0 bridgehead atoms. The van der Waals surface area contributed by atoms with E-state index in [1.54, 1.807) is 0 Å². The van der Waals surface area contributed by atoms with E-state index in [1.165, 1.54) is 13.5 Å². The van der Waals surface area contributed by atoms with E-state index in [9.17, 15) is 0 Å². The van der Waals surface area contributed by atoms with Crippen LogP contribution in [-0.4, -0.2) is 17.5 Å². The quantitative estimate of drug-likeness (QED) is 0.586. The van der Waals surface area contributed by atoms with E-state index >= 15 is 0 Å². The fourth-order valence-electron chi connectivity index (χ4n) is 0.178. The second kappa shape index (κ2) is 3.78. The molecule has 0 aliphatic heterocycles. The van der Waals surface area contributed by atoms with Gasteiger partial charge in [-0.2, -0.15) is 0 Å². The van der Waals surface area contributed by atoms with Gasteiger partial charge in [0.1, 0.15) is 0 Å². The number of halogens is 3. The smallest absolute Gasteiger partial charge is 0.196 e. The summed E-state index contributed by atoms with van der Waals surface area (Å²) in [5.74, 6) is 0. The molecule has 0 atom stereocenters. The third kappa shape index (κ3) is 6.83. The average Bonchev–Trinajstić information content (AvgIpc) is 1.59. The van der Waals surface area contributed by atoms with Crippen LogP contribution in [0.15, 0.2) is 0 Å². The van der Waals surface area contributed by atoms with Crippen molar-refractivity contribution >= 4 is 34.8 Å². The second-order valence-corrected chi connectivity index (χ2v) is 3.57. The summed E-state index contributed by atoms with van der Waals surface area (Å²) in [6, 6.07) is 0. The zero-order valence-corrected chi connectivity index (χ0v) is 6.59. The molecule has 0 amide bonds. The zero-order valence-electron chi connectivity index (χ0n) is 4.33. The summed E-state index contributed by atoms with van der Waals surface area (Å²) in [5, 5.41) is 0. The van der Waals surface area contributed by atoms with Crippen LogP contribution in [-0.2, 0) is 4.74 Å². The van der Waals surface area contributed by atoms with Gasteiger partial charge in [-0.1, -0.05) is 34.8 Å². The molecule has 0 saturated heterocycles. The van der Waals surface area contributed by atoms with E-state index in [-0.39, 0.29) is 0 Å². The number of rotatable bonds is 2. The number of hydrogen-bond donors (Lipinski definition) is 0. The number of ether oxygens (including phenoxy) is 1. The number of alkyl halides is 3. The van der Waals surface area contributed by atoms with Gasteiger partial charge in [-0.3, -0.25) is 0 Å². The monoisotopic (exact) mass is 175 g/mol. The van der Waals surface area contributed by atoms with Crippen molar-refractivity contribution in [2.45, 2.75) is 3.79 Å². The van der Waals surface area contributed by atoms with Crippen molar-refractivity contribution in [1.82, 2.24) is 0 Å². The van der Waals surface area contributed by atoms with Crippen molar-refractivity contribution in [2.24, 2.45) is 0 Å². The highest BCUT2D eigenvalue weighted by molar-refractivity contribution is 6.68. The first-order valence-corrected chi connectivity index (χ1v) is 3.09. The summed E-state index contributed by atoms with van der Waals surface area (Å²) >= 11 is 15.9. The van der Waals surface area contributed by atoms with Crippen LogP contribution in [0.2, 0.25) is 0 Å². The Kier molecular flexibility index (Phi) is 4.17. The lowest BCUT2D eigenvalue weighted by Crippen LogP contribution is -2.06. The summed E-state index contributed by atoms with van der Waals surface area (Å²) in [7, 11) is 1.53. The SMILES string of the molecule is COC[CH]C(Cl)(Cl)Cl. The fraction of sp³-hybridized carbons (Fsp3) is 0.750. The van der Waals surface area contributed by atoms with Crippen molar-refractivity contribution in [2.75, 3.05) is 13.7 Å². The minimum atomic E-state index is -1.28. The molecule has 0 fully saturated rings. The Hall–Kier alpha value is 0.830. The van der Waals surface area contributed by atoms with E-state index in [0.29, 0.717) is 6.61 Å². The topological polar surface area (TPSA) is 9.23 Å². The largest absolute Gasteiger partial charge is 0.384 e. The van der Waals surface area contributed by atoms with Gasteiger partial charge < -0.3 is 4.74 Å². The van der Waals surface area contributed by atoms with E-state index in [2.05, 4.69) is 4.74 Å². The maximum absolute atomic E-state index is 5.31. The molecule has 4 heteroatoms. The lowest BCUT2D eigenvalue weighted by atomic mass is 10.5. The highest BCUT2D eigenvalue weighted by Crippen LogP contribution is 2.28. The van der Waals surface area contributed by atoms with Crippen LogP contribution < -0.4 is 0 Å². The molecule has 1 radical (unpaired) electrons. The molecule has 0 aromatic heterocycles. The van der Waals surface area contributed by atoms with E-state index in [1.807, 2.05) is 0 Å². The van der Waals surface area contributed by atoms with Gasteiger partial charge in [0, 0.05) is 13.5 Å². The van der Waals surface area contributed by atoms with Crippen LogP contribution in [0.1, 0.15) is 0 Å². The maximum atomic E-state index is 5.31. The van der Waals surface area contributed by atoms with E-state index < -0.39 is 3.79 Å². The summed E-state index contributed by atoms with van der Waals surface area (Å²) in [5.41, 5.74) is 0. The molecule has 0 aliphatic carbocycles. The highest BCUT2D eigenvalue weighted by atomic mass is 35.6. The third-order valence-corrected chi connectivity index (χ3v) is 0.944. The minimum absolute atomic E-state index is 0.358. The molecule has 0 N–H and O–H groups in total. The van der Waals surface area contributed by atoms with Crippen molar-refractivity contribution < 1.29 is 4.74 Å². The molecule has 0 unspecified atom stereocenters. The molecule has 49 valence electrons. The third-order valence-electron chi connectivity index (χ3n) is 0.481. The van der Waals surface area contributed by atoms with E-state index in [0.717, 1.165) is 0 Å². The van der Waals surface area contributed by atoms with Gasteiger partial charge in [0.2, 0.25) is 0 Å². The van der Waals surface area contributed by atoms with Crippen molar-refractivity contribution in [3.05, 3.63) is 6.42 Å². The number of hydrogen-bond acceptors (Lipinski definition) is 1. The molecule has 0 heterocycles. The zero-order chi connectivity index (χ0) is 6.62. The van der Waals surface area contributed by atoms with Crippen molar-refractivity contribution in [3.8, 4) is 0 Å². The molecule has 0 aromatic carbocycles. The Bertz CT molecular complexity index is 58.8. The Balaban J connectivity index is 3.11.